The van der Waals surface area contributed by atoms with Gasteiger partial charge in [0.05, 0.1) is 24.4 Å². The summed E-state index contributed by atoms with van der Waals surface area (Å²) in [7, 11) is 1.48. The number of aromatic amines is 1. The first-order chi connectivity index (χ1) is 16.3. The van der Waals surface area contributed by atoms with Crippen LogP contribution in [0.5, 0.6) is 17.4 Å². The summed E-state index contributed by atoms with van der Waals surface area (Å²) < 4.78 is 16.3. The molecule has 2 atom stereocenters. The van der Waals surface area contributed by atoms with Gasteiger partial charge in [0.25, 0.3) is 0 Å². The summed E-state index contributed by atoms with van der Waals surface area (Å²) in [6.07, 6.45) is 0.981. The molecular formula is C26H26N4O4. The third-order valence-electron chi connectivity index (χ3n) is 5.73. The minimum Gasteiger partial charge on any atom is -0.493 e. The van der Waals surface area contributed by atoms with Crippen LogP contribution in [0.25, 0.3) is 11.3 Å². The molecule has 2 N–H and O–H groups in total. The van der Waals surface area contributed by atoms with E-state index < -0.39 is 17.8 Å². The van der Waals surface area contributed by atoms with Crippen molar-refractivity contribution in [2.75, 3.05) is 7.11 Å². The van der Waals surface area contributed by atoms with E-state index in [0.29, 0.717) is 22.8 Å². The lowest BCUT2D eigenvalue weighted by Crippen LogP contribution is -2.30. The minimum atomic E-state index is -0.867. The number of methoxy groups -OCH3 is 1. The van der Waals surface area contributed by atoms with Crippen molar-refractivity contribution in [1.82, 2.24) is 10.2 Å². The molecule has 0 spiro atoms. The molecule has 1 aromatic heterocycles. The van der Waals surface area contributed by atoms with Gasteiger partial charge in [-0.3, -0.25) is 15.3 Å². The Morgan fingerprint density at radius 1 is 1.24 bits per heavy atom. The molecule has 0 aliphatic carbocycles. The molecule has 0 bridgehead atoms. The van der Waals surface area contributed by atoms with Crippen LogP contribution < -0.4 is 14.2 Å². The van der Waals surface area contributed by atoms with Gasteiger partial charge < -0.3 is 14.2 Å². The molecule has 0 amide bonds. The smallest absolute Gasteiger partial charge is 0.308 e. The van der Waals surface area contributed by atoms with E-state index in [9.17, 15) is 10.1 Å². The molecule has 3 aromatic rings. The van der Waals surface area contributed by atoms with E-state index in [1.165, 1.54) is 19.6 Å². The van der Waals surface area contributed by atoms with Crippen LogP contribution in [0.3, 0.4) is 0 Å². The second kappa shape index (κ2) is 9.40. The predicted octanol–water partition coefficient (Wildman–Crippen LogP) is 4.85. The fourth-order valence-electron chi connectivity index (χ4n) is 4.29. The number of H-pyrrole nitrogens is 1. The van der Waals surface area contributed by atoms with Crippen molar-refractivity contribution in [3.05, 3.63) is 59.2 Å². The van der Waals surface area contributed by atoms with Crippen molar-refractivity contribution in [2.24, 2.45) is 11.8 Å². The number of rotatable bonds is 6. The Balaban J connectivity index is 1.82. The van der Waals surface area contributed by atoms with E-state index >= 15 is 0 Å². The SMILES string of the molecule is COc1cc(C2c3c(n[nH]c3-c3ccc(CC(C)C)cc3)OC(=N)C2C#N)ccc1OC(C)=O. The van der Waals surface area contributed by atoms with Gasteiger partial charge in [-0.2, -0.15) is 5.26 Å². The molecule has 1 aliphatic rings. The Hall–Kier alpha value is -4.12. The Labute approximate surface area is 198 Å². The van der Waals surface area contributed by atoms with Crippen LogP contribution in [-0.2, 0) is 11.2 Å². The van der Waals surface area contributed by atoms with Crippen LogP contribution in [0.15, 0.2) is 42.5 Å². The lowest BCUT2D eigenvalue weighted by atomic mass is 9.78. The van der Waals surface area contributed by atoms with Gasteiger partial charge in [-0.25, -0.2) is 0 Å². The number of carbonyl (C=O) groups is 1. The van der Waals surface area contributed by atoms with Gasteiger partial charge in [0.1, 0.15) is 5.92 Å². The molecule has 2 aromatic carbocycles. The maximum absolute atomic E-state index is 11.4. The lowest BCUT2D eigenvalue weighted by Gasteiger charge is -2.28. The molecule has 0 saturated heterocycles. The average Bonchev–Trinajstić information content (AvgIpc) is 3.21. The highest BCUT2D eigenvalue weighted by molar-refractivity contribution is 5.86. The van der Waals surface area contributed by atoms with E-state index in [2.05, 4.69) is 42.2 Å². The van der Waals surface area contributed by atoms with Crippen LogP contribution >= 0.6 is 0 Å². The van der Waals surface area contributed by atoms with E-state index in [4.69, 9.17) is 19.6 Å². The number of aromatic nitrogens is 2. The number of benzene rings is 2. The molecular weight excluding hydrogens is 432 g/mol. The number of carbonyl (C=O) groups excluding carboxylic acids is 1. The summed E-state index contributed by atoms with van der Waals surface area (Å²) in [4.78, 5) is 11.4. The zero-order valence-electron chi connectivity index (χ0n) is 19.5. The molecule has 8 nitrogen and oxygen atoms in total. The normalized spacial score (nSPS) is 17.0. The van der Waals surface area contributed by atoms with Crippen LogP contribution in [-0.4, -0.2) is 29.2 Å². The number of hydrogen-bond donors (Lipinski definition) is 2. The van der Waals surface area contributed by atoms with Crippen LogP contribution in [0.2, 0.25) is 0 Å². The third kappa shape index (κ3) is 4.37. The molecule has 2 heterocycles. The van der Waals surface area contributed by atoms with Gasteiger partial charge in [-0.05, 0) is 41.2 Å². The van der Waals surface area contributed by atoms with Crippen molar-refractivity contribution >= 4 is 11.9 Å². The summed E-state index contributed by atoms with van der Waals surface area (Å²) in [6, 6.07) is 15.5. The van der Waals surface area contributed by atoms with Gasteiger partial charge >= 0.3 is 5.97 Å². The van der Waals surface area contributed by atoms with Crippen LogP contribution in [0.1, 0.15) is 43.4 Å². The molecule has 4 rings (SSSR count). The molecule has 0 fully saturated rings. The number of fused-ring (bicyclic) bond motifs is 1. The van der Waals surface area contributed by atoms with Crippen molar-refractivity contribution in [2.45, 2.75) is 33.1 Å². The average molecular weight is 459 g/mol. The summed E-state index contributed by atoms with van der Waals surface area (Å²) in [5.74, 6) is -0.585. The number of ether oxygens (including phenoxy) is 3. The van der Waals surface area contributed by atoms with Gasteiger partial charge in [-0.1, -0.05) is 44.2 Å². The van der Waals surface area contributed by atoms with E-state index in [0.717, 1.165) is 17.7 Å². The van der Waals surface area contributed by atoms with Crippen molar-refractivity contribution in [3.8, 4) is 34.7 Å². The molecule has 8 heteroatoms. The van der Waals surface area contributed by atoms with Crippen molar-refractivity contribution in [3.63, 3.8) is 0 Å². The topological polar surface area (TPSA) is 121 Å². The molecule has 0 saturated carbocycles. The highest BCUT2D eigenvalue weighted by Gasteiger charge is 2.41. The Kier molecular flexibility index (Phi) is 6.37. The minimum absolute atomic E-state index is 0.173. The first-order valence-electron chi connectivity index (χ1n) is 11.0. The first-order valence-corrected chi connectivity index (χ1v) is 11.0. The zero-order chi connectivity index (χ0) is 24.4. The standard InChI is InChI=1S/C26H26N4O4/c1-14(2)11-16-5-7-17(8-6-16)24-23-22(19(13-27)25(28)34-26(23)30-29-24)18-9-10-20(33-15(3)31)21(12-18)32-4/h5-10,12,14,19,22,28H,11H2,1-4H3,(H,29,30). The number of nitrogens with zero attached hydrogens (tertiary/aromatic N) is 2. The molecule has 0 radical (unpaired) electrons. The number of nitrogens with one attached hydrogen (secondary N) is 2. The van der Waals surface area contributed by atoms with Crippen molar-refractivity contribution < 1.29 is 19.0 Å². The highest BCUT2D eigenvalue weighted by Crippen LogP contribution is 2.47. The quantitative estimate of drug-likeness (QED) is 0.402. The second-order valence-corrected chi connectivity index (χ2v) is 8.67. The van der Waals surface area contributed by atoms with Crippen molar-refractivity contribution in [1.29, 1.82) is 10.7 Å². The monoisotopic (exact) mass is 458 g/mol. The summed E-state index contributed by atoms with van der Waals surface area (Å²) >= 11 is 0. The number of hydrogen-bond acceptors (Lipinski definition) is 7. The van der Waals surface area contributed by atoms with Gasteiger partial charge in [0.15, 0.2) is 11.5 Å². The predicted molar refractivity (Wildman–Crippen MR) is 126 cm³/mol. The van der Waals surface area contributed by atoms with Gasteiger partial charge in [0, 0.05) is 12.8 Å². The maximum atomic E-state index is 11.4. The second-order valence-electron chi connectivity index (χ2n) is 8.67. The molecule has 174 valence electrons. The maximum Gasteiger partial charge on any atom is 0.308 e. The third-order valence-corrected chi connectivity index (χ3v) is 5.73. The molecule has 1 aliphatic heterocycles. The number of nitriles is 1. The zero-order valence-corrected chi connectivity index (χ0v) is 19.5. The van der Waals surface area contributed by atoms with E-state index in [1.807, 2.05) is 12.1 Å². The molecule has 34 heavy (non-hydrogen) atoms. The summed E-state index contributed by atoms with van der Waals surface area (Å²) in [6.45, 7) is 5.67. The fraction of sp³-hybridized carbons (Fsp3) is 0.308. The Bertz CT molecular complexity index is 1270. The fourth-order valence-corrected chi connectivity index (χ4v) is 4.29. The summed E-state index contributed by atoms with van der Waals surface area (Å²) in [5.41, 5.74) is 4.28. The number of esters is 1. The summed E-state index contributed by atoms with van der Waals surface area (Å²) in [5, 5.41) is 25.6. The van der Waals surface area contributed by atoms with Crippen LogP contribution in [0.4, 0.5) is 0 Å². The van der Waals surface area contributed by atoms with Gasteiger partial charge in [0.2, 0.25) is 11.8 Å². The Morgan fingerprint density at radius 2 is 1.97 bits per heavy atom. The molecule has 2 unspecified atom stereocenters. The van der Waals surface area contributed by atoms with Gasteiger partial charge in [-0.15, -0.1) is 5.10 Å². The van der Waals surface area contributed by atoms with E-state index in [1.54, 1.807) is 18.2 Å². The largest absolute Gasteiger partial charge is 0.493 e. The van der Waals surface area contributed by atoms with Crippen LogP contribution in [0, 0.1) is 28.6 Å². The lowest BCUT2D eigenvalue weighted by molar-refractivity contribution is -0.132. The Morgan fingerprint density at radius 3 is 2.59 bits per heavy atom. The van der Waals surface area contributed by atoms with E-state index in [-0.39, 0.29) is 17.5 Å². The first kappa shape index (κ1) is 23.1. The highest BCUT2D eigenvalue weighted by atomic mass is 16.6.